The third-order valence-electron chi connectivity index (χ3n) is 11.6. The molecule has 0 saturated carbocycles. The fourth-order valence-electron chi connectivity index (χ4n) is 7.78. The van der Waals surface area contributed by atoms with E-state index in [0.29, 0.717) is 49.3 Å². The molecule has 0 radical (unpaired) electrons. The average Bonchev–Trinajstić information content (AvgIpc) is 3.31. The van der Waals surface area contributed by atoms with Gasteiger partial charge in [0.1, 0.15) is 41.4 Å². The molecule has 17 nitrogen and oxygen atoms in total. The monoisotopic (exact) mass is 973 g/mol. The van der Waals surface area contributed by atoms with Crippen LogP contribution in [0.1, 0.15) is 135 Å². The number of carbonyl (C=O) groups is 7. The van der Waals surface area contributed by atoms with Gasteiger partial charge in [0.2, 0.25) is 35.4 Å². The van der Waals surface area contributed by atoms with Crippen LogP contribution in [0.25, 0.3) is 0 Å². The zero-order chi connectivity index (χ0) is 51.3. The Kier molecular flexibility index (Phi) is 26.7. The molecule has 3 rings (SSSR count). The Hall–Kier alpha value is -6.49. The number of benzene rings is 3. The number of aliphatic carboxylic acids is 1. The summed E-state index contributed by atoms with van der Waals surface area (Å²) in [6, 6.07) is 18.1. The molecule has 3 aromatic carbocycles. The molecule has 0 fully saturated rings. The molecule has 17 heteroatoms. The zero-order valence-corrected chi connectivity index (χ0v) is 41.1. The van der Waals surface area contributed by atoms with Crippen molar-refractivity contribution in [2.75, 3.05) is 6.54 Å². The van der Waals surface area contributed by atoms with Crippen molar-refractivity contribution in [3.05, 3.63) is 90.0 Å². The molecule has 0 aliphatic heterocycles. The highest BCUT2D eigenvalue weighted by molar-refractivity contribution is 5.94. The lowest BCUT2D eigenvalue weighted by Gasteiger charge is -2.25. The number of rotatable bonds is 35. The molecule has 0 bridgehead atoms. The highest BCUT2D eigenvalue weighted by atomic mass is 16.5. The normalized spacial score (nSPS) is 13.2. The van der Waals surface area contributed by atoms with Gasteiger partial charge in [0, 0.05) is 25.8 Å². The Bertz CT molecular complexity index is 2070. The molecule has 0 aliphatic carbocycles. The van der Waals surface area contributed by atoms with E-state index < -0.39 is 66.3 Å². The van der Waals surface area contributed by atoms with Crippen molar-refractivity contribution in [1.82, 2.24) is 26.6 Å². The van der Waals surface area contributed by atoms with Crippen molar-refractivity contribution in [2.24, 2.45) is 11.7 Å². The summed E-state index contributed by atoms with van der Waals surface area (Å²) in [7, 11) is 0. The van der Waals surface area contributed by atoms with E-state index in [1.54, 1.807) is 54.6 Å². The highest BCUT2D eigenvalue weighted by Crippen LogP contribution is 2.24. The van der Waals surface area contributed by atoms with Crippen LogP contribution in [0, 0.1) is 5.92 Å². The Labute approximate surface area is 412 Å². The number of aromatic hydroxyl groups is 1. The Morgan fingerprint density at radius 1 is 0.571 bits per heavy atom. The second kappa shape index (κ2) is 32.3. The molecule has 0 heterocycles. The second-order valence-corrected chi connectivity index (χ2v) is 18.4. The fraction of sp³-hybridized carbons (Fsp3) is 0.528. The van der Waals surface area contributed by atoms with Crippen molar-refractivity contribution < 1.29 is 53.6 Å². The van der Waals surface area contributed by atoms with Gasteiger partial charge in [-0.2, -0.15) is 0 Å². The minimum atomic E-state index is -1.27. The maximum absolute atomic E-state index is 13.3. The van der Waals surface area contributed by atoms with Crippen LogP contribution in [0.2, 0.25) is 0 Å². The van der Waals surface area contributed by atoms with Gasteiger partial charge in [0.25, 0.3) is 0 Å². The summed E-state index contributed by atoms with van der Waals surface area (Å²) in [5, 5.41) is 42.8. The van der Waals surface area contributed by atoms with E-state index in [1.165, 1.54) is 6.92 Å². The van der Waals surface area contributed by atoms with E-state index in [1.807, 2.05) is 38.1 Å². The van der Waals surface area contributed by atoms with Gasteiger partial charge in [-0.25, -0.2) is 4.79 Å². The molecular weight excluding hydrogens is 897 g/mol. The van der Waals surface area contributed by atoms with Crippen LogP contribution >= 0.6 is 0 Å². The summed E-state index contributed by atoms with van der Waals surface area (Å²) in [5.74, 6) is -3.10. The highest BCUT2D eigenvalue weighted by Gasteiger charge is 2.31. The summed E-state index contributed by atoms with van der Waals surface area (Å²) in [6.07, 6.45) is 10.9. The first-order chi connectivity index (χ1) is 33.5. The van der Waals surface area contributed by atoms with Crippen LogP contribution in [0.15, 0.2) is 78.9 Å². The van der Waals surface area contributed by atoms with Crippen molar-refractivity contribution in [1.29, 1.82) is 0 Å². The fourth-order valence-corrected chi connectivity index (χ4v) is 7.78. The number of hydrogen-bond acceptors (Lipinski definition) is 10. The molecular formula is C53H76N6O11. The van der Waals surface area contributed by atoms with Crippen molar-refractivity contribution >= 4 is 41.4 Å². The van der Waals surface area contributed by atoms with Gasteiger partial charge < -0.3 is 52.4 Å². The Morgan fingerprint density at radius 3 is 1.57 bits per heavy atom. The first kappa shape index (κ1) is 57.8. The number of aliphatic hydroxyl groups is 1. The number of unbranched alkanes of at least 4 members (excludes halogenated alkanes) is 11. The maximum atomic E-state index is 13.3. The number of aliphatic hydroxyl groups excluding tert-OH is 1. The SMILES string of the molecule is CC(C)C[C@H](NC(=O)[C@@H](NC(=O)CCCCCCCCCCCCCCC(=O)N[C@@H](CC(N)=O)C(=O)N[C@@H](Cc1ccccc1)C(=O)O)[C@H](C)O)C(=O)NCCc1ccc(Oc2ccc(O)cc2)cc1. The molecule has 70 heavy (non-hydrogen) atoms. The molecule has 0 saturated heterocycles. The van der Waals surface area contributed by atoms with Gasteiger partial charge in [-0.05, 0) is 86.1 Å². The van der Waals surface area contributed by atoms with Crippen LogP contribution < -0.4 is 37.1 Å². The van der Waals surface area contributed by atoms with Gasteiger partial charge in [-0.3, -0.25) is 28.8 Å². The number of nitrogens with one attached hydrogen (secondary N) is 5. The van der Waals surface area contributed by atoms with E-state index in [-0.39, 0.29) is 42.7 Å². The lowest BCUT2D eigenvalue weighted by Crippen LogP contribution is -2.57. The molecule has 0 aliphatic rings. The summed E-state index contributed by atoms with van der Waals surface area (Å²) < 4.78 is 5.79. The number of primary amides is 1. The summed E-state index contributed by atoms with van der Waals surface area (Å²) >= 11 is 0. The molecule has 10 N–H and O–H groups in total. The minimum absolute atomic E-state index is 0.0366. The number of nitrogens with two attached hydrogens (primary N) is 1. The molecule has 0 aromatic heterocycles. The van der Waals surface area contributed by atoms with Crippen LogP contribution in [-0.2, 0) is 46.4 Å². The molecule has 0 spiro atoms. The first-order valence-corrected chi connectivity index (χ1v) is 24.8. The lowest BCUT2D eigenvalue weighted by atomic mass is 10.0. The van der Waals surface area contributed by atoms with Crippen LogP contribution in [-0.4, -0.2) is 93.5 Å². The van der Waals surface area contributed by atoms with E-state index >= 15 is 0 Å². The molecule has 384 valence electrons. The quantitative estimate of drug-likeness (QED) is 0.0314. The predicted octanol–water partition coefficient (Wildman–Crippen LogP) is 5.87. The summed E-state index contributed by atoms with van der Waals surface area (Å²) in [5.41, 5.74) is 6.99. The Balaban J connectivity index is 1.24. The smallest absolute Gasteiger partial charge is 0.326 e. The Morgan fingerprint density at radius 2 is 1.07 bits per heavy atom. The number of ether oxygens (including phenoxy) is 1. The van der Waals surface area contributed by atoms with E-state index in [9.17, 15) is 48.9 Å². The van der Waals surface area contributed by atoms with Gasteiger partial charge in [0.15, 0.2) is 0 Å². The maximum Gasteiger partial charge on any atom is 0.326 e. The van der Waals surface area contributed by atoms with E-state index in [4.69, 9.17) is 10.5 Å². The number of hydrogen-bond donors (Lipinski definition) is 9. The van der Waals surface area contributed by atoms with Gasteiger partial charge in [-0.15, -0.1) is 0 Å². The van der Waals surface area contributed by atoms with Gasteiger partial charge in [-0.1, -0.05) is 121 Å². The van der Waals surface area contributed by atoms with Crippen LogP contribution in [0.5, 0.6) is 17.2 Å². The third kappa shape index (κ3) is 24.2. The third-order valence-corrected chi connectivity index (χ3v) is 11.6. The zero-order valence-electron chi connectivity index (χ0n) is 41.1. The molecule has 5 atom stereocenters. The number of carboxylic acids is 1. The van der Waals surface area contributed by atoms with Gasteiger partial charge in [0.05, 0.1) is 12.5 Å². The molecule has 6 amide bonds. The topological polar surface area (TPSA) is 276 Å². The number of carbonyl (C=O) groups excluding carboxylic acids is 6. The van der Waals surface area contributed by atoms with Crippen molar-refractivity contribution in [3.63, 3.8) is 0 Å². The standard InChI is InChI=1S/C53H76N6O11/c1-36(2)33-43(50(65)55-32-31-38-23-27-41(28-24-38)70-42-29-25-40(61)26-30-42)57-52(67)49(37(3)60)59-48(64)22-18-13-11-9-7-5-4-6-8-10-12-17-21-47(63)56-44(35-46(54)62)51(66)58-45(53(68)69)34-39-19-15-14-16-20-39/h14-16,19-20,23-30,36-37,43-45,49,60-61H,4-13,17-18,21-22,31-35H2,1-3H3,(H2,54,62)(H,55,65)(H,56,63)(H,57,67)(H,58,66)(H,59,64)(H,68,69)/t37-,43-,44-,45-,49-/m0/s1. The van der Waals surface area contributed by atoms with Crippen LogP contribution in [0.4, 0.5) is 0 Å². The minimum Gasteiger partial charge on any atom is -0.508 e. The lowest BCUT2D eigenvalue weighted by molar-refractivity contribution is -0.142. The second-order valence-electron chi connectivity index (χ2n) is 18.4. The van der Waals surface area contributed by atoms with Crippen molar-refractivity contribution in [2.45, 2.75) is 167 Å². The predicted molar refractivity (Wildman–Crippen MR) is 266 cm³/mol. The first-order valence-electron chi connectivity index (χ1n) is 24.8. The number of phenolic OH excluding ortho intramolecular Hbond substituents is 1. The van der Waals surface area contributed by atoms with Gasteiger partial charge >= 0.3 is 5.97 Å². The molecule has 0 unspecified atom stereocenters. The van der Waals surface area contributed by atoms with E-state index in [0.717, 1.165) is 69.8 Å². The van der Waals surface area contributed by atoms with Crippen molar-refractivity contribution in [3.8, 4) is 17.2 Å². The number of amides is 6. The summed E-state index contributed by atoms with van der Waals surface area (Å²) in [6.45, 7) is 5.64. The summed E-state index contributed by atoms with van der Waals surface area (Å²) in [4.78, 5) is 88.4. The van der Waals surface area contributed by atoms with E-state index in [2.05, 4.69) is 26.6 Å². The average molecular weight is 973 g/mol. The number of carboxylic acid groups (broad SMARTS) is 1. The largest absolute Gasteiger partial charge is 0.508 e. The number of phenols is 1. The van der Waals surface area contributed by atoms with Crippen LogP contribution in [0.3, 0.4) is 0 Å². The molecule has 3 aromatic rings.